The van der Waals surface area contributed by atoms with Crippen LogP contribution in [-0.2, 0) is 17.8 Å². The van der Waals surface area contributed by atoms with Crippen LogP contribution in [0.4, 0.5) is 13.6 Å². The van der Waals surface area contributed by atoms with Crippen LogP contribution in [0.15, 0.2) is 36.4 Å². The van der Waals surface area contributed by atoms with Crippen LogP contribution in [0.1, 0.15) is 18.1 Å². The quantitative estimate of drug-likeness (QED) is 0.610. The van der Waals surface area contributed by atoms with Crippen molar-refractivity contribution in [3.05, 3.63) is 59.2 Å². The Bertz CT molecular complexity index is 701. The molecule has 23 heavy (non-hydrogen) atoms. The zero-order chi connectivity index (χ0) is 16.8. The number of aryl methyl sites for hydroxylation is 1. The second-order valence-corrected chi connectivity index (χ2v) is 4.68. The molecule has 0 aliphatic heterocycles. The van der Waals surface area contributed by atoms with Crippen LogP contribution in [0.25, 0.3) is 0 Å². The van der Waals surface area contributed by atoms with Crippen molar-refractivity contribution in [1.82, 2.24) is 0 Å². The second kappa shape index (κ2) is 7.58. The molecule has 0 atom stereocenters. The van der Waals surface area contributed by atoms with Crippen molar-refractivity contribution in [2.45, 2.75) is 20.0 Å². The van der Waals surface area contributed by atoms with E-state index in [-0.39, 0.29) is 23.7 Å². The monoisotopic (exact) mass is 322 g/mol. The van der Waals surface area contributed by atoms with Crippen LogP contribution in [0.5, 0.6) is 11.5 Å². The molecule has 2 rings (SSSR count). The third-order valence-corrected chi connectivity index (χ3v) is 3.20. The van der Waals surface area contributed by atoms with Gasteiger partial charge in [0, 0.05) is 11.6 Å². The highest BCUT2D eigenvalue weighted by Gasteiger charge is 2.13. The summed E-state index contributed by atoms with van der Waals surface area (Å²) in [6, 6.07) is 8.69. The Labute approximate surface area is 132 Å². The van der Waals surface area contributed by atoms with Gasteiger partial charge in [0.05, 0.1) is 7.11 Å². The van der Waals surface area contributed by atoms with Gasteiger partial charge in [0.15, 0.2) is 11.6 Å². The van der Waals surface area contributed by atoms with E-state index in [4.69, 9.17) is 9.47 Å². The van der Waals surface area contributed by atoms with Crippen LogP contribution in [-0.4, -0.2) is 13.3 Å². The minimum atomic E-state index is -0.873. The molecule has 2 aromatic carbocycles. The van der Waals surface area contributed by atoms with Crippen molar-refractivity contribution >= 4 is 6.16 Å². The first kappa shape index (κ1) is 16.7. The highest BCUT2D eigenvalue weighted by atomic mass is 19.1. The van der Waals surface area contributed by atoms with Gasteiger partial charge in [-0.25, -0.2) is 13.6 Å². The Hall–Kier alpha value is -2.63. The highest BCUT2D eigenvalue weighted by Crippen LogP contribution is 2.25. The molecule has 0 aliphatic carbocycles. The molecule has 0 unspecified atom stereocenters. The minimum Gasteiger partial charge on any atom is -0.486 e. The lowest BCUT2D eigenvalue weighted by atomic mass is 10.1. The maximum Gasteiger partial charge on any atom is 0.513 e. The summed E-state index contributed by atoms with van der Waals surface area (Å²) in [4.78, 5) is 11.2. The largest absolute Gasteiger partial charge is 0.513 e. The maximum atomic E-state index is 13.9. The summed E-state index contributed by atoms with van der Waals surface area (Å²) < 4.78 is 42.3. The van der Waals surface area contributed by atoms with Gasteiger partial charge in [-0.3, -0.25) is 0 Å². The van der Waals surface area contributed by atoms with Crippen LogP contribution < -0.4 is 9.47 Å². The Morgan fingerprint density at radius 1 is 1.04 bits per heavy atom. The molecule has 0 spiro atoms. The molecule has 0 N–H and O–H groups in total. The second-order valence-electron chi connectivity index (χ2n) is 4.68. The predicted molar refractivity (Wildman–Crippen MR) is 79.5 cm³/mol. The zero-order valence-corrected chi connectivity index (χ0v) is 12.8. The molecule has 0 bridgehead atoms. The molecular formula is C17H16F2O4. The molecule has 6 heteroatoms. The van der Waals surface area contributed by atoms with Crippen LogP contribution in [0, 0.1) is 11.6 Å². The van der Waals surface area contributed by atoms with Crippen molar-refractivity contribution in [3.63, 3.8) is 0 Å². The summed E-state index contributed by atoms with van der Waals surface area (Å²) in [7, 11) is 1.19. The zero-order valence-electron chi connectivity index (χ0n) is 12.8. The molecule has 0 amide bonds. The number of hydrogen-bond acceptors (Lipinski definition) is 4. The molecule has 0 fully saturated rings. The molecule has 0 saturated heterocycles. The van der Waals surface area contributed by atoms with E-state index in [9.17, 15) is 13.6 Å². The van der Waals surface area contributed by atoms with Gasteiger partial charge in [-0.15, -0.1) is 0 Å². The standard InChI is InChI=1S/C17H16F2O4/c1-3-11-8-14(19)16(9-13(11)18)22-10-12-6-4-5-7-15(12)23-17(20)21-2/h4-9H,3,10H2,1-2H3. The Morgan fingerprint density at radius 3 is 2.48 bits per heavy atom. The SMILES string of the molecule is CCc1cc(F)c(OCc2ccccc2OC(=O)OC)cc1F. The van der Waals surface area contributed by atoms with Crippen molar-refractivity contribution in [1.29, 1.82) is 0 Å². The summed E-state index contributed by atoms with van der Waals surface area (Å²) in [5, 5.41) is 0. The average molecular weight is 322 g/mol. The fourth-order valence-electron chi connectivity index (χ4n) is 1.96. The van der Waals surface area contributed by atoms with E-state index in [1.807, 2.05) is 0 Å². The lowest BCUT2D eigenvalue weighted by Crippen LogP contribution is -2.10. The summed E-state index contributed by atoms with van der Waals surface area (Å²) in [6.45, 7) is 1.65. The van der Waals surface area contributed by atoms with Crippen LogP contribution in [0.3, 0.4) is 0 Å². The van der Waals surface area contributed by atoms with Crippen LogP contribution in [0.2, 0.25) is 0 Å². The van der Waals surface area contributed by atoms with E-state index in [1.165, 1.54) is 7.11 Å². The summed E-state index contributed by atoms with van der Waals surface area (Å²) >= 11 is 0. The molecule has 2 aromatic rings. The van der Waals surface area contributed by atoms with Crippen molar-refractivity contribution in [2.24, 2.45) is 0 Å². The minimum absolute atomic E-state index is 0.0883. The molecule has 0 heterocycles. The van der Waals surface area contributed by atoms with Crippen molar-refractivity contribution in [3.8, 4) is 11.5 Å². The smallest absolute Gasteiger partial charge is 0.486 e. The van der Waals surface area contributed by atoms with Gasteiger partial charge in [0.25, 0.3) is 0 Å². The topological polar surface area (TPSA) is 44.8 Å². The third kappa shape index (κ3) is 4.18. The first-order valence-corrected chi connectivity index (χ1v) is 6.99. The van der Waals surface area contributed by atoms with E-state index < -0.39 is 17.8 Å². The van der Waals surface area contributed by atoms with E-state index in [1.54, 1.807) is 31.2 Å². The van der Waals surface area contributed by atoms with Gasteiger partial charge < -0.3 is 14.2 Å². The number of hydrogen-bond donors (Lipinski definition) is 0. The Morgan fingerprint density at radius 2 is 1.78 bits per heavy atom. The van der Waals surface area contributed by atoms with Gasteiger partial charge >= 0.3 is 6.16 Å². The number of benzene rings is 2. The first-order chi connectivity index (χ1) is 11.0. The van der Waals surface area contributed by atoms with E-state index in [2.05, 4.69) is 4.74 Å². The van der Waals surface area contributed by atoms with Gasteiger partial charge in [-0.1, -0.05) is 25.1 Å². The number of ether oxygens (including phenoxy) is 3. The van der Waals surface area contributed by atoms with Gasteiger partial charge in [-0.05, 0) is 24.1 Å². The molecular weight excluding hydrogens is 306 g/mol. The summed E-state index contributed by atoms with van der Waals surface area (Å²) in [5.74, 6) is -1.14. The van der Waals surface area contributed by atoms with E-state index >= 15 is 0 Å². The summed E-state index contributed by atoms with van der Waals surface area (Å²) in [5.41, 5.74) is 0.779. The third-order valence-electron chi connectivity index (χ3n) is 3.20. The Kier molecular flexibility index (Phi) is 5.51. The average Bonchev–Trinajstić information content (AvgIpc) is 2.56. The van der Waals surface area contributed by atoms with Crippen molar-refractivity contribution < 1.29 is 27.8 Å². The molecule has 0 aromatic heterocycles. The van der Waals surface area contributed by atoms with Crippen molar-refractivity contribution in [2.75, 3.05) is 7.11 Å². The fourth-order valence-corrected chi connectivity index (χ4v) is 1.96. The number of halogens is 2. The number of rotatable bonds is 5. The lowest BCUT2D eigenvalue weighted by molar-refractivity contribution is 0.120. The normalized spacial score (nSPS) is 10.3. The van der Waals surface area contributed by atoms with E-state index in [0.717, 1.165) is 12.1 Å². The molecule has 0 aliphatic rings. The predicted octanol–water partition coefficient (Wildman–Crippen LogP) is 4.25. The Balaban J connectivity index is 2.15. The number of para-hydroxylation sites is 1. The molecule has 0 saturated carbocycles. The highest BCUT2D eigenvalue weighted by molar-refractivity contribution is 5.64. The number of carbonyl (C=O) groups excluding carboxylic acids is 1. The van der Waals surface area contributed by atoms with Gasteiger partial charge in [0.2, 0.25) is 0 Å². The van der Waals surface area contributed by atoms with Gasteiger partial charge in [0.1, 0.15) is 18.2 Å². The molecule has 122 valence electrons. The van der Waals surface area contributed by atoms with E-state index in [0.29, 0.717) is 12.0 Å². The molecule has 4 nitrogen and oxygen atoms in total. The fraction of sp³-hybridized carbons (Fsp3) is 0.235. The summed E-state index contributed by atoms with van der Waals surface area (Å²) in [6.07, 6.45) is -0.485. The van der Waals surface area contributed by atoms with Crippen LogP contribution >= 0.6 is 0 Å². The maximum absolute atomic E-state index is 13.9. The molecule has 0 radical (unpaired) electrons. The number of carbonyl (C=O) groups is 1. The van der Waals surface area contributed by atoms with Gasteiger partial charge in [-0.2, -0.15) is 0 Å². The number of methoxy groups -OCH3 is 1. The first-order valence-electron chi connectivity index (χ1n) is 6.99. The lowest BCUT2D eigenvalue weighted by Gasteiger charge is -2.12.